The Balaban J connectivity index is 1.34. The van der Waals surface area contributed by atoms with Crippen LogP contribution in [0.2, 0.25) is 0 Å². The van der Waals surface area contributed by atoms with Gasteiger partial charge in [-0.15, -0.1) is 11.3 Å². The minimum Gasteiger partial charge on any atom is -0.491 e. The summed E-state index contributed by atoms with van der Waals surface area (Å²) in [6.07, 6.45) is 2.63. The highest BCUT2D eigenvalue weighted by Crippen LogP contribution is 2.35. The zero-order valence-electron chi connectivity index (χ0n) is 18.2. The number of fused-ring (bicyclic) bond motifs is 1. The van der Waals surface area contributed by atoms with Crippen molar-refractivity contribution >= 4 is 23.2 Å². The molecule has 170 valence electrons. The molecule has 2 heterocycles. The largest absolute Gasteiger partial charge is 0.491 e. The van der Waals surface area contributed by atoms with Crippen molar-refractivity contribution < 1.29 is 18.7 Å². The number of hydrogen-bond acceptors (Lipinski definition) is 4. The van der Waals surface area contributed by atoms with Gasteiger partial charge in [-0.05, 0) is 60.5 Å². The van der Waals surface area contributed by atoms with Gasteiger partial charge in [0.15, 0.2) is 0 Å². The first-order valence-electron chi connectivity index (χ1n) is 11.2. The van der Waals surface area contributed by atoms with Crippen LogP contribution in [0.4, 0.5) is 4.39 Å². The van der Waals surface area contributed by atoms with E-state index in [0.29, 0.717) is 17.9 Å². The Labute approximate surface area is 196 Å². The second-order valence-electron chi connectivity index (χ2n) is 8.45. The molecule has 0 bridgehead atoms. The number of amides is 2. The summed E-state index contributed by atoms with van der Waals surface area (Å²) < 4.78 is 19.5. The lowest BCUT2D eigenvalue weighted by atomic mass is 10.0. The van der Waals surface area contributed by atoms with E-state index in [-0.39, 0.29) is 42.9 Å². The number of rotatable bonds is 7. The van der Waals surface area contributed by atoms with Crippen LogP contribution in [0.25, 0.3) is 0 Å². The first-order valence-corrected chi connectivity index (χ1v) is 12.1. The van der Waals surface area contributed by atoms with Gasteiger partial charge in [0, 0.05) is 29.1 Å². The van der Waals surface area contributed by atoms with Gasteiger partial charge >= 0.3 is 0 Å². The van der Waals surface area contributed by atoms with Gasteiger partial charge in [-0.2, -0.15) is 0 Å². The number of nitrogens with zero attached hydrogens (tertiary/aromatic N) is 2. The molecular weight excluding hydrogens is 439 g/mol. The summed E-state index contributed by atoms with van der Waals surface area (Å²) in [7, 11) is 0. The summed E-state index contributed by atoms with van der Waals surface area (Å²) in [5, 5.41) is 2.03. The van der Waals surface area contributed by atoms with E-state index in [0.717, 1.165) is 24.8 Å². The lowest BCUT2D eigenvalue weighted by molar-refractivity contribution is -0.135. The van der Waals surface area contributed by atoms with Gasteiger partial charge in [0.25, 0.3) is 5.91 Å². The number of benzene rings is 2. The van der Waals surface area contributed by atoms with Crippen molar-refractivity contribution in [2.75, 3.05) is 19.7 Å². The fraction of sp³-hybridized carbons (Fsp3) is 0.308. The maximum absolute atomic E-state index is 13.6. The number of hydrogen-bond donors (Lipinski definition) is 0. The van der Waals surface area contributed by atoms with Gasteiger partial charge in [-0.25, -0.2) is 4.39 Å². The van der Waals surface area contributed by atoms with Gasteiger partial charge in [0.05, 0.1) is 6.04 Å². The van der Waals surface area contributed by atoms with Crippen LogP contribution in [0, 0.1) is 5.82 Å². The third kappa shape index (κ3) is 4.78. The van der Waals surface area contributed by atoms with Crippen molar-refractivity contribution in [2.45, 2.75) is 31.3 Å². The van der Waals surface area contributed by atoms with Crippen LogP contribution in [0.3, 0.4) is 0 Å². The standard InChI is InChI=1S/C26H25FN2O3S/c27-19-7-4-8-21(15-19)32-17-23-22-12-14-33-24(22)11-13-28(23)25(30)16-29(20-9-10-20)26(31)18-5-2-1-3-6-18/h1-8,12,14-15,20,23H,9-11,13,16-17H2. The molecule has 0 N–H and O–H groups in total. The zero-order chi connectivity index (χ0) is 22.8. The van der Waals surface area contributed by atoms with Crippen molar-refractivity contribution in [3.05, 3.63) is 87.9 Å². The van der Waals surface area contributed by atoms with Gasteiger partial charge in [0.1, 0.15) is 24.7 Å². The molecule has 1 unspecified atom stereocenters. The summed E-state index contributed by atoms with van der Waals surface area (Å²) in [6.45, 7) is 0.852. The Kier molecular flexibility index (Phi) is 6.13. The molecular formula is C26H25FN2O3S. The third-order valence-electron chi connectivity index (χ3n) is 6.19. The van der Waals surface area contributed by atoms with Crippen LogP contribution >= 0.6 is 11.3 Å². The summed E-state index contributed by atoms with van der Waals surface area (Å²) >= 11 is 1.68. The fourth-order valence-electron chi connectivity index (χ4n) is 4.34. The molecule has 5 nitrogen and oxygen atoms in total. The van der Waals surface area contributed by atoms with E-state index >= 15 is 0 Å². The molecule has 2 aromatic carbocycles. The smallest absolute Gasteiger partial charge is 0.254 e. The topological polar surface area (TPSA) is 49.9 Å². The number of ether oxygens (including phenoxy) is 1. The first kappa shape index (κ1) is 21.6. The molecule has 3 aromatic rings. The minimum atomic E-state index is -0.361. The van der Waals surface area contributed by atoms with Crippen molar-refractivity contribution in [1.82, 2.24) is 9.80 Å². The molecule has 7 heteroatoms. The molecule has 0 spiro atoms. The second kappa shape index (κ2) is 9.35. The molecule has 1 aliphatic heterocycles. The molecule has 5 rings (SSSR count). The molecule has 2 amide bonds. The van der Waals surface area contributed by atoms with Crippen molar-refractivity contribution in [3.63, 3.8) is 0 Å². The minimum absolute atomic E-state index is 0.0499. The average molecular weight is 465 g/mol. The molecule has 1 aliphatic carbocycles. The maximum Gasteiger partial charge on any atom is 0.254 e. The second-order valence-corrected chi connectivity index (χ2v) is 9.45. The lowest BCUT2D eigenvalue weighted by Crippen LogP contribution is -2.48. The van der Waals surface area contributed by atoms with Gasteiger partial charge in [0.2, 0.25) is 5.91 Å². The van der Waals surface area contributed by atoms with E-state index in [2.05, 4.69) is 0 Å². The molecule has 1 atom stereocenters. The summed E-state index contributed by atoms with van der Waals surface area (Å²) in [4.78, 5) is 31.4. The first-order chi connectivity index (χ1) is 16.1. The van der Waals surface area contributed by atoms with Crippen molar-refractivity contribution in [2.24, 2.45) is 0 Å². The van der Waals surface area contributed by atoms with E-state index < -0.39 is 0 Å². The third-order valence-corrected chi connectivity index (χ3v) is 7.19. The Morgan fingerprint density at radius 2 is 1.91 bits per heavy atom. The zero-order valence-corrected chi connectivity index (χ0v) is 19.0. The Bertz CT molecular complexity index is 1150. The van der Waals surface area contributed by atoms with Gasteiger partial charge in [-0.1, -0.05) is 24.3 Å². The lowest BCUT2D eigenvalue weighted by Gasteiger charge is -2.37. The molecule has 1 saturated carbocycles. The summed E-state index contributed by atoms with van der Waals surface area (Å²) in [6, 6.07) is 17.0. The van der Waals surface area contributed by atoms with Gasteiger partial charge < -0.3 is 14.5 Å². The van der Waals surface area contributed by atoms with Crippen molar-refractivity contribution in [1.29, 1.82) is 0 Å². The Morgan fingerprint density at radius 3 is 2.67 bits per heavy atom. The van der Waals surface area contributed by atoms with Crippen LogP contribution in [0.15, 0.2) is 66.0 Å². The quantitative estimate of drug-likeness (QED) is 0.510. The van der Waals surface area contributed by atoms with Crippen LogP contribution in [-0.4, -0.2) is 47.4 Å². The number of carbonyl (C=O) groups is 2. The predicted octanol–water partition coefficient (Wildman–Crippen LogP) is 4.70. The molecule has 1 aromatic heterocycles. The molecule has 2 aliphatic rings. The van der Waals surface area contributed by atoms with E-state index in [1.54, 1.807) is 40.5 Å². The average Bonchev–Trinajstić information content (AvgIpc) is 3.56. The SMILES string of the molecule is O=C(c1ccccc1)N(CC(=O)N1CCc2sccc2C1COc1cccc(F)c1)C1CC1. The van der Waals surface area contributed by atoms with Crippen LogP contribution in [0.5, 0.6) is 5.75 Å². The van der Waals surface area contributed by atoms with Crippen LogP contribution in [0.1, 0.15) is 39.7 Å². The number of carbonyl (C=O) groups excluding carboxylic acids is 2. The predicted molar refractivity (Wildman–Crippen MR) is 125 cm³/mol. The summed E-state index contributed by atoms with van der Waals surface area (Å²) in [5.74, 6) is -0.119. The highest BCUT2D eigenvalue weighted by Gasteiger charge is 2.38. The fourth-order valence-corrected chi connectivity index (χ4v) is 5.27. The number of halogens is 1. The van der Waals surface area contributed by atoms with E-state index in [4.69, 9.17) is 4.74 Å². The highest BCUT2D eigenvalue weighted by molar-refractivity contribution is 7.10. The normalized spacial score (nSPS) is 17.4. The molecule has 0 saturated heterocycles. The van der Waals surface area contributed by atoms with E-state index in [9.17, 15) is 14.0 Å². The highest BCUT2D eigenvalue weighted by atomic mass is 32.1. The maximum atomic E-state index is 13.6. The Morgan fingerprint density at radius 1 is 1.09 bits per heavy atom. The number of thiophene rings is 1. The van der Waals surface area contributed by atoms with Crippen LogP contribution < -0.4 is 4.74 Å². The monoisotopic (exact) mass is 464 g/mol. The van der Waals surface area contributed by atoms with Gasteiger partial charge in [-0.3, -0.25) is 9.59 Å². The molecule has 1 fully saturated rings. The van der Waals surface area contributed by atoms with E-state index in [1.807, 2.05) is 34.5 Å². The van der Waals surface area contributed by atoms with Crippen LogP contribution in [-0.2, 0) is 11.2 Å². The summed E-state index contributed by atoms with van der Waals surface area (Å²) in [5.41, 5.74) is 1.67. The van der Waals surface area contributed by atoms with Crippen molar-refractivity contribution in [3.8, 4) is 5.75 Å². The molecule has 33 heavy (non-hydrogen) atoms. The molecule has 0 radical (unpaired) electrons. The van der Waals surface area contributed by atoms with E-state index in [1.165, 1.54) is 17.0 Å². The Hall–Kier alpha value is -3.19.